The predicted molar refractivity (Wildman–Crippen MR) is 99.6 cm³/mol. The number of rotatable bonds is 6. The minimum absolute atomic E-state index is 0.199. The topological polar surface area (TPSA) is 77.6 Å². The molecule has 0 atom stereocenters. The van der Waals surface area contributed by atoms with E-state index in [9.17, 15) is 9.59 Å². The lowest BCUT2D eigenvalue weighted by Crippen LogP contribution is -2.24. The molecule has 3 aromatic rings. The summed E-state index contributed by atoms with van der Waals surface area (Å²) in [6.07, 6.45) is 5.00. The van der Waals surface area contributed by atoms with E-state index in [0.717, 1.165) is 11.3 Å². The van der Waals surface area contributed by atoms with Crippen LogP contribution in [0, 0.1) is 0 Å². The molecule has 7 heteroatoms. The number of hydrogen-bond acceptors (Lipinski definition) is 4. The first-order chi connectivity index (χ1) is 12.6. The molecule has 1 aromatic carbocycles. The Morgan fingerprint density at radius 2 is 2.04 bits per heavy atom. The van der Waals surface area contributed by atoms with Gasteiger partial charge in [-0.3, -0.25) is 18.6 Å². The third kappa shape index (κ3) is 3.11. The van der Waals surface area contributed by atoms with Crippen molar-refractivity contribution in [2.75, 3.05) is 13.7 Å². The highest BCUT2D eigenvalue weighted by Gasteiger charge is 2.16. The Balaban J connectivity index is 2.20. The van der Waals surface area contributed by atoms with Gasteiger partial charge < -0.3 is 10.1 Å². The molecular weight excluding hydrogens is 332 g/mol. The van der Waals surface area contributed by atoms with Crippen molar-refractivity contribution in [1.29, 1.82) is 0 Å². The largest absolute Gasteiger partial charge is 0.497 e. The number of imidazole rings is 1. The standard InChI is InChI=1S/C19H20N4O3/c1-4-10-23-16(13-6-8-14(26-3)9-7-13)12-22-11-15(18(24)20-5-2)21-17(22)19(23)25/h4,6-9,11-12H,1,5,10H2,2-3H3,(H,20,24). The van der Waals surface area contributed by atoms with Gasteiger partial charge in [-0.15, -0.1) is 6.58 Å². The number of nitrogens with zero attached hydrogens (tertiary/aromatic N) is 3. The summed E-state index contributed by atoms with van der Waals surface area (Å²) in [7, 11) is 1.60. The second kappa shape index (κ2) is 7.26. The molecular formula is C19H20N4O3. The van der Waals surface area contributed by atoms with Crippen LogP contribution in [0.25, 0.3) is 16.9 Å². The number of carbonyl (C=O) groups is 1. The number of allylic oxidation sites excluding steroid dienone is 1. The summed E-state index contributed by atoms with van der Waals surface area (Å²) < 4.78 is 8.36. The quantitative estimate of drug-likeness (QED) is 0.689. The number of fused-ring (bicyclic) bond motifs is 1. The molecule has 0 unspecified atom stereocenters. The fraction of sp³-hybridized carbons (Fsp3) is 0.211. The maximum atomic E-state index is 12.9. The van der Waals surface area contributed by atoms with E-state index in [0.29, 0.717) is 18.8 Å². The lowest BCUT2D eigenvalue weighted by Gasteiger charge is -2.12. The van der Waals surface area contributed by atoms with Crippen LogP contribution in [0.4, 0.5) is 0 Å². The van der Waals surface area contributed by atoms with Crippen LogP contribution in [0.1, 0.15) is 17.4 Å². The van der Waals surface area contributed by atoms with E-state index in [1.807, 2.05) is 31.2 Å². The molecule has 0 aliphatic heterocycles. The molecule has 26 heavy (non-hydrogen) atoms. The lowest BCUT2D eigenvalue weighted by atomic mass is 10.1. The van der Waals surface area contributed by atoms with Gasteiger partial charge in [-0.2, -0.15) is 0 Å². The number of amides is 1. The van der Waals surface area contributed by atoms with E-state index >= 15 is 0 Å². The second-order valence-corrected chi connectivity index (χ2v) is 5.66. The molecule has 0 radical (unpaired) electrons. The minimum atomic E-state index is -0.308. The van der Waals surface area contributed by atoms with Crippen LogP contribution >= 0.6 is 0 Å². The third-order valence-electron chi connectivity index (χ3n) is 3.99. The summed E-state index contributed by atoms with van der Waals surface area (Å²) in [6.45, 7) is 6.38. The van der Waals surface area contributed by atoms with Crippen molar-refractivity contribution >= 4 is 11.6 Å². The van der Waals surface area contributed by atoms with Crippen molar-refractivity contribution in [3.63, 3.8) is 0 Å². The van der Waals surface area contributed by atoms with Gasteiger partial charge in [0.1, 0.15) is 11.4 Å². The van der Waals surface area contributed by atoms with Crippen molar-refractivity contribution < 1.29 is 9.53 Å². The maximum absolute atomic E-state index is 12.9. The van der Waals surface area contributed by atoms with Gasteiger partial charge in [0.15, 0.2) is 0 Å². The Labute approximate surface area is 150 Å². The highest BCUT2D eigenvalue weighted by atomic mass is 16.5. The van der Waals surface area contributed by atoms with E-state index in [1.165, 1.54) is 0 Å². The molecule has 3 rings (SSSR count). The third-order valence-corrected chi connectivity index (χ3v) is 3.99. The summed E-state index contributed by atoms with van der Waals surface area (Å²) >= 11 is 0. The van der Waals surface area contributed by atoms with E-state index in [-0.39, 0.29) is 22.8 Å². The van der Waals surface area contributed by atoms with Gasteiger partial charge in [0.05, 0.1) is 12.8 Å². The van der Waals surface area contributed by atoms with Crippen molar-refractivity contribution in [2.24, 2.45) is 0 Å². The van der Waals surface area contributed by atoms with Crippen molar-refractivity contribution in [3.8, 4) is 17.0 Å². The number of hydrogen-bond donors (Lipinski definition) is 1. The zero-order valence-corrected chi connectivity index (χ0v) is 14.7. The Kier molecular flexibility index (Phi) is 4.88. The molecule has 0 saturated heterocycles. The molecule has 2 heterocycles. The minimum Gasteiger partial charge on any atom is -0.497 e. The number of benzene rings is 1. The van der Waals surface area contributed by atoms with Crippen LogP contribution in [-0.2, 0) is 6.54 Å². The summed E-state index contributed by atoms with van der Waals surface area (Å²) in [5.74, 6) is 0.422. The predicted octanol–water partition coefficient (Wildman–Crippen LogP) is 2.11. The Morgan fingerprint density at radius 1 is 1.31 bits per heavy atom. The average molecular weight is 352 g/mol. The SMILES string of the molecule is C=CCn1c(-c2ccc(OC)cc2)cn2cc(C(=O)NCC)nc2c1=O. The molecule has 2 aromatic heterocycles. The van der Waals surface area contributed by atoms with E-state index in [2.05, 4.69) is 16.9 Å². The monoisotopic (exact) mass is 352 g/mol. The summed E-state index contributed by atoms with van der Waals surface area (Å²) in [5.41, 5.74) is 1.67. The van der Waals surface area contributed by atoms with Crippen molar-refractivity contribution in [1.82, 2.24) is 19.3 Å². The van der Waals surface area contributed by atoms with Gasteiger partial charge in [-0.25, -0.2) is 4.98 Å². The lowest BCUT2D eigenvalue weighted by molar-refractivity contribution is 0.0951. The molecule has 1 amide bonds. The van der Waals surface area contributed by atoms with Crippen LogP contribution in [-0.4, -0.2) is 33.5 Å². The van der Waals surface area contributed by atoms with Gasteiger partial charge in [0, 0.05) is 31.0 Å². The molecule has 0 saturated carbocycles. The number of aromatic nitrogens is 3. The number of carbonyl (C=O) groups excluding carboxylic acids is 1. The molecule has 0 bridgehead atoms. The number of methoxy groups -OCH3 is 1. The molecule has 0 fully saturated rings. The molecule has 0 aliphatic carbocycles. The van der Waals surface area contributed by atoms with Crippen LogP contribution < -0.4 is 15.6 Å². The maximum Gasteiger partial charge on any atom is 0.295 e. The van der Waals surface area contributed by atoms with E-state index in [4.69, 9.17) is 4.74 Å². The van der Waals surface area contributed by atoms with Gasteiger partial charge in [0.2, 0.25) is 5.65 Å². The molecule has 0 spiro atoms. The normalized spacial score (nSPS) is 10.7. The first kappa shape index (κ1) is 17.5. The first-order valence-electron chi connectivity index (χ1n) is 8.25. The number of nitrogens with one attached hydrogen (secondary N) is 1. The van der Waals surface area contributed by atoms with Crippen LogP contribution in [0.15, 0.2) is 54.1 Å². The summed E-state index contributed by atoms with van der Waals surface area (Å²) in [6, 6.07) is 7.41. The van der Waals surface area contributed by atoms with Crippen molar-refractivity contribution in [2.45, 2.75) is 13.5 Å². The summed E-state index contributed by atoms with van der Waals surface area (Å²) in [4.78, 5) is 29.1. The van der Waals surface area contributed by atoms with E-state index in [1.54, 1.807) is 34.5 Å². The van der Waals surface area contributed by atoms with Gasteiger partial charge >= 0.3 is 0 Å². The second-order valence-electron chi connectivity index (χ2n) is 5.66. The highest BCUT2D eigenvalue weighted by Crippen LogP contribution is 2.22. The van der Waals surface area contributed by atoms with Gasteiger partial charge in [0.25, 0.3) is 11.5 Å². The molecule has 7 nitrogen and oxygen atoms in total. The zero-order valence-electron chi connectivity index (χ0n) is 14.7. The Morgan fingerprint density at radius 3 is 2.65 bits per heavy atom. The zero-order chi connectivity index (χ0) is 18.7. The Hall–Kier alpha value is -3.35. The molecule has 0 aliphatic rings. The van der Waals surface area contributed by atoms with Crippen molar-refractivity contribution in [3.05, 3.63) is 65.4 Å². The smallest absolute Gasteiger partial charge is 0.295 e. The highest BCUT2D eigenvalue weighted by molar-refractivity contribution is 5.92. The molecule has 134 valence electrons. The number of ether oxygens (including phenoxy) is 1. The first-order valence-corrected chi connectivity index (χ1v) is 8.25. The average Bonchev–Trinajstić information content (AvgIpc) is 3.09. The van der Waals surface area contributed by atoms with Gasteiger partial charge in [-0.05, 0) is 31.2 Å². The van der Waals surface area contributed by atoms with E-state index < -0.39 is 0 Å². The summed E-state index contributed by atoms with van der Waals surface area (Å²) in [5, 5.41) is 2.69. The van der Waals surface area contributed by atoms with Gasteiger partial charge in [-0.1, -0.05) is 6.08 Å². The molecule has 1 N–H and O–H groups in total. The van der Waals surface area contributed by atoms with Crippen LogP contribution in [0.2, 0.25) is 0 Å². The van der Waals surface area contributed by atoms with Crippen LogP contribution in [0.5, 0.6) is 5.75 Å². The Bertz CT molecular complexity index is 1020. The van der Waals surface area contributed by atoms with Crippen LogP contribution in [0.3, 0.4) is 0 Å². The fourth-order valence-electron chi connectivity index (χ4n) is 2.74. The fourth-order valence-corrected chi connectivity index (χ4v) is 2.74.